The van der Waals surface area contributed by atoms with Crippen molar-refractivity contribution in [2.45, 2.75) is 39.7 Å². The van der Waals surface area contributed by atoms with Crippen LogP contribution in [0.4, 0.5) is 0 Å². The maximum atomic E-state index is 12.0. The third-order valence-corrected chi connectivity index (χ3v) is 7.23. The van der Waals surface area contributed by atoms with Gasteiger partial charge in [0.05, 0.1) is 16.1 Å². The third-order valence-electron chi connectivity index (χ3n) is 5.70. The fourth-order valence-electron chi connectivity index (χ4n) is 4.05. The predicted octanol–water partition coefficient (Wildman–Crippen LogP) is 6.76. The number of amides is 1. The first-order chi connectivity index (χ1) is 14.5. The molecule has 2 aromatic heterocycles. The Hall–Kier alpha value is -2.56. The SMILES string of the molecule is Cc1c(-c2cc(C(N)=O)c(C)n2CCCCc2ccccc2)sc2ccc(Cl)cc12. The highest BCUT2D eigenvalue weighted by Gasteiger charge is 2.20. The number of hydrogen-bond donors (Lipinski definition) is 1. The van der Waals surface area contributed by atoms with Crippen LogP contribution in [0.2, 0.25) is 5.02 Å². The van der Waals surface area contributed by atoms with Crippen LogP contribution in [-0.4, -0.2) is 10.5 Å². The second-order valence-electron chi connectivity index (χ2n) is 7.68. The average Bonchev–Trinajstić information content (AvgIpc) is 3.23. The lowest BCUT2D eigenvalue weighted by Crippen LogP contribution is -2.12. The normalized spacial score (nSPS) is 11.3. The van der Waals surface area contributed by atoms with E-state index in [0.717, 1.165) is 47.6 Å². The zero-order valence-corrected chi connectivity index (χ0v) is 18.8. The molecule has 0 spiro atoms. The average molecular weight is 437 g/mol. The van der Waals surface area contributed by atoms with Crippen LogP contribution in [0.1, 0.15) is 40.0 Å². The lowest BCUT2D eigenvalue weighted by molar-refractivity contribution is 0.0999. The van der Waals surface area contributed by atoms with E-state index in [1.165, 1.54) is 20.7 Å². The third kappa shape index (κ3) is 4.03. The summed E-state index contributed by atoms with van der Waals surface area (Å²) in [6.45, 7) is 4.96. The molecule has 3 nitrogen and oxygen atoms in total. The Kier molecular flexibility index (Phi) is 5.98. The molecule has 0 saturated carbocycles. The van der Waals surface area contributed by atoms with E-state index in [4.69, 9.17) is 17.3 Å². The van der Waals surface area contributed by atoms with Crippen molar-refractivity contribution in [3.05, 3.63) is 82.0 Å². The van der Waals surface area contributed by atoms with Crippen LogP contribution in [0.5, 0.6) is 0 Å². The Labute approximate surface area is 186 Å². The van der Waals surface area contributed by atoms with E-state index in [1.54, 1.807) is 11.3 Å². The molecule has 0 aliphatic heterocycles. The van der Waals surface area contributed by atoms with Crippen molar-refractivity contribution >= 4 is 38.9 Å². The van der Waals surface area contributed by atoms with Crippen molar-refractivity contribution in [2.75, 3.05) is 0 Å². The van der Waals surface area contributed by atoms with Crippen LogP contribution in [0.25, 0.3) is 20.7 Å². The van der Waals surface area contributed by atoms with Crippen LogP contribution in [0.15, 0.2) is 54.6 Å². The quantitative estimate of drug-likeness (QED) is 0.319. The predicted molar refractivity (Wildman–Crippen MR) is 128 cm³/mol. The van der Waals surface area contributed by atoms with E-state index >= 15 is 0 Å². The first-order valence-corrected chi connectivity index (χ1v) is 11.4. The molecule has 4 aromatic rings. The number of fused-ring (bicyclic) bond motifs is 1. The van der Waals surface area contributed by atoms with Gasteiger partial charge in [-0.25, -0.2) is 0 Å². The van der Waals surface area contributed by atoms with Crippen LogP contribution >= 0.6 is 22.9 Å². The topological polar surface area (TPSA) is 48.0 Å². The number of aromatic nitrogens is 1. The van der Waals surface area contributed by atoms with Gasteiger partial charge >= 0.3 is 0 Å². The zero-order chi connectivity index (χ0) is 21.3. The summed E-state index contributed by atoms with van der Waals surface area (Å²) in [4.78, 5) is 13.2. The molecule has 0 saturated heterocycles. The molecule has 0 aliphatic rings. The summed E-state index contributed by atoms with van der Waals surface area (Å²) in [6, 6.07) is 18.5. The number of benzene rings is 2. The van der Waals surface area contributed by atoms with Gasteiger partial charge in [0.1, 0.15) is 0 Å². The van der Waals surface area contributed by atoms with Crippen LogP contribution in [0.3, 0.4) is 0 Å². The first-order valence-electron chi connectivity index (χ1n) is 10.2. The van der Waals surface area contributed by atoms with Gasteiger partial charge in [-0.3, -0.25) is 4.79 Å². The number of hydrogen-bond acceptors (Lipinski definition) is 2. The number of aryl methyl sites for hydroxylation is 2. The Morgan fingerprint density at radius 1 is 1.07 bits per heavy atom. The maximum absolute atomic E-state index is 12.0. The highest BCUT2D eigenvalue weighted by molar-refractivity contribution is 7.22. The van der Waals surface area contributed by atoms with Crippen molar-refractivity contribution in [1.29, 1.82) is 0 Å². The highest BCUT2D eigenvalue weighted by atomic mass is 35.5. The summed E-state index contributed by atoms with van der Waals surface area (Å²) in [7, 11) is 0. The Morgan fingerprint density at radius 2 is 1.83 bits per heavy atom. The number of nitrogens with two attached hydrogens (primary N) is 1. The monoisotopic (exact) mass is 436 g/mol. The number of carbonyl (C=O) groups excluding carboxylic acids is 1. The highest BCUT2D eigenvalue weighted by Crippen LogP contribution is 2.40. The maximum Gasteiger partial charge on any atom is 0.250 e. The van der Waals surface area contributed by atoms with Crippen molar-refractivity contribution in [2.24, 2.45) is 5.73 Å². The van der Waals surface area contributed by atoms with Gasteiger partial charge in [0.25, 0.3) is 5.91 Å². The van der Waals surface area contributed by atoms with Crippen LogP contribution < -0.4 is 5.73 Å². The summed E-state index contributed by atoms with van der Waals surface area (Å²) in [5.74, 6) is -0.376. The van der Waals surface area contributed by atoms with E-state index in [2.05, 4.69) is 41.8 Å². The van der Waals surface area contributed by atoms with Crippen molar-refractivity contribution in [3.8, 4) is 10.6 Å². The number of primary amides is 1. The van der Waals surface area contributed by atoms with Gasteiger partial charge in [0.15, 0.2) is 0 Å². The molecule has 0 radical (unpaired) electrons. The zero-order valence-electron chi connectivity index (χ0n) is 17.2. The van der Waals surface area contributed by atoms with E-state index in [-0.39, 0.29) is 5.91 Å². The fraction of sp³-hybridized carbons (Fsp3) is 0.240. The van der Waals surface area contributed by atoms with Crippen molar-refractivity contribution < 1.29 is 4.79 Å². The molecule has 0 bridgehead atoms. The number of nitrogens with zero attached hydrogens (tertiary/aromatic N) is 1. The van der Waals surface area contributed by atoms with Crippen molar-refractivity contribution in [1.82, 2.24) is 4.57 Å². The number of thiophene rings is 1. The Bertz CT molecular complexity index is 1210. The minimum Gasteiger partial charge on any atom is -0.366 e. The lowest BCUT2D eigenvalue weighted by Gasteiger charge is -2.12. The smallest absolute Gasteiger partial charge is 0.250 e. The lowest BCUT2D eigenvalue weighted by atomic mass is 10.1. The molecule has 4 rings (SSSR count). The molecule has 1 amide bonds. The van der Waals surface area contributed by atoms with Crippen LogP contribution in [0, 0.1) is 13.8 Å². The second kappa shape index (κ2) is 8.66. The molecular formula is C25H25ClN2OS. The summed E-state index contributed by atoms with van der Waals surface area (Å²) in [5, 5.41) is 1.90. The van der Waals surface area contributed by atoms with E-state index in [9.17, 15) is 4.79 Å². The van der Waals surface area contributed by atoms with E-state index in [1.807, 2.05) is 31.2 Å². The fourth-order valence-corrected chi connectivity index (χ4v) is 5.44. The summed E-state index contributed by atoms with van der Waals surface area (Å²) in [6.07, 6.45) is 3.18. The van der Waals surface area contributed by atoms with Gasteiger partial charge in [0.2, 0.25) is 0 Å². The number of halogens is 1. The van der Waals surface area contributed by atoms with Gasteiger partial charge in [-0.2, -0.15) is 0 Å². The Balaban J connectivity index is 1.65. The molecule has 5 heteroatoms. The van der Waals surface area contributed by atoms with E-state index in [0.29, 0.717) is 5.56 Å². The second-order valence-corrected chi connectivity index (χ2v) is 9.17. The van der Waals surface area contributed by atoms with Gasteiger partial charge in [-0.05, 0) is 73.9 Å². The minimum atomic E-state index is -0.376. The number of rotatable bonds is 7. The van der Waals surface area contributed by atoms with Gasteiger partial charge < -0.3 is 10.3 Å². The van der Waals surface area contributed by atoms with Gasteiger partial charge in [-0.1, -0.05) is 41.9 Å². The van der Waals surface area contributed by atoms with Gasteiger partial charge in [-0.15, -0.1) is 11.3 Å². The van der Waals surface area contributed by atoms with Gasteiger partial charge in [0, 0.05) is 22.0 Å². The molecule has 30 heavy (non-hydrogen) atoms. The molecular weight excluding hydrogens is 412 g/mol. The van der Waals surface area contributed by atoms with Crippen molar-refractivity contribution in [3.63, 3.8) is 0 Å². The molecule has 0 unspecified atom stereocenters. The largest absolute Gasteiger partial charge is 0.366 e. The number of carbonyl (C=O) groups is 1. The molecule has 0 fully saturated rings. The summed E-state index contributed by atoms with van der Waals surface area (Å²) < 4.78 is 3.45. The molecule has 2 heterocycles. The summed E-state index contributed by atoms with van der Waals surface area (Å²) in [5.41, 5.74) is 10.8. The minimum absolute atomic E-state index is 0.376. The standard InChI is InChI=1S/C25H25ClN2OS/c1-16-20-14-19(26)11-12-23(20)30-24(16)22-15-21(25(27)29)17(2)28(22)13-7-6-10-18-8-4-3-5-9-18/h3-5,8-9,11-12,14-15H,6-7,10,13H2,1-2H3,(H2,27,29). The summed E-state index contributed by atoms with van der Waals surface area (Å²) >= 11 is 7.96. The molecule has 154 valence electrons. The molecule has 0 atom stereocenters. The first kappa shape index (κ1) is 20.7. The molecule has 2 N–H and O–H groups in total. The van der Waals surface area contributed by atoms with Crippen LogP contribution in [-0.2, 0) is 13.0 Å². The molecule has 2 aromatic carbocycles. The Morgan fingerprint density at radius 3 is 2.57 bits per heavy atom. The molecule has 0 aliphatic carbocycles. The van der Waals surface area contributed by atoms with E-state index < -0.39 is 0 Å². The number of unbranched alkanes of at least 4 members (excludes halogenated alkanes) is 1.